The summed E-state index contributed by atoms with van der Waals surface area (Å²) in [6.07, 6.45) is 0.971. The predicted molar refractivity (Wildman–Crippen MR) is 89.4 cm³/mol. The molecule has 0 aromatic heterocycles. The average Bonchev–Trinajstić information content (AvgIpc) is 2.50. The molecule has 0 aliphatic carbocycles. The van der Waals surface area contributed by atoms with Gasteiger partial charge in [0.2, 0.25) is 11.8 Å². The third-order valence-electron chi connectivity index (χ3n) is 3.46. The van der Waals surface area contributed by atoms with Crippen molar-refractivity contribution in [3.63, 3.8) is 0 Å². The van der Waals surface area contributed by atoms with Gasteiger partial charge in [0.05, 0.1) is 17.7 Å². The molecule has 5 heteroatoms. The molecule has 0 fully saturated rings. The Labute approximate surface area is 138 Å². The minimum absolute atomic E-state index is 0.0103. The normalized spacial score (nSPS) is 12.1. The second-order valence-corrected chi connectivity index (χ2v) is 6.63. The van der Waals surface area contributed by atoms with Crippen molar-refractivity contribution in [3.8, 4) is 6.07 Å². The molecule has 1 unspecified atom stereocenters. The summed E-state index contributed by atoms with van der Waals surface area (Å²) in [6.45, 7) is 7.96. The van der Waals surface area contributed by atoms with Gasteiger partial charge in [-0.25, -0.2) is 0 Å². The van der Waals surface area contributed by atoms with Gasteiger partial charge in [0.1, 0.15) is 0 Å². The fourth-order valence-electron chi connectivity index (χ4n) is 1.96. The maximum atomic E-state index is 11.9. The Bertz CT molecular complexity index is 580. The van der Waals surface area contributed by atoms with Crippen LogP contribution < -0.4 is 10.6 Å². The van der Waals surface area contributed by atoms with Crippen molar-refractivity contribution < 1.29 is 9.59 Å². The van der Waals surface area contributed by atoms with Crippen LogP contribution in [0.15, 0.2) is 24.3 Å². The number of amides is 2. The summed E-state index contributed by atoms with van der Waals surface area (Å²) in [5, 5.41) is 14.5. The number of rotatable bonds is 6. The first-order chi connectivity index (χ1) is 10.7. The summed E-state index contributed by atoms with van der Waals surface area (Å²) in [7, 11) is 0. The van der Waals surface area contributed by atoms with E-state index in [0.29, 0.717) is 24.9 Å². The molecule has 0 heterocycles. The molecule has 2 N–H and O–H groups in total. The molecule has 1 rings (SSSR count). The van der Waals surface area contributed by atoms with E-state index in [4.69, 9.17) is 5.26 Å². The molecule has 0 spiro atoms. The van der Waals surface area contributed by atoms with Crippen LogP contribution in [0.4, 0.5) is 0 Å². The van der Waals surface area contributed by atoms with E-state index in [-0.39, 0.29) is 17.9 Å². The smallest absolute Gasteiger partial charge is 0.225 e. The third-order valence-corrected chi connectivity index (χ3v) is 3.46. The summed E-state index contributed by atoms with van der Waals surface area (Å²) in [6, 6.07) is 9.11. The number of nitrogens with zero attached hydrogens (tertiary/aromatic N) is 1. The van der Waals surface area contributed by atoms with Crippen molar-refractivity contribution in [3.05, 3.63) is 35.4 Å². The van der Waals surface area contributed by atoms with Crippen molar-refractivity contribution in [2.75, 3.05) is 6.54 Å². The highest BCUT2D eigenvalue weighted by Crippen LogP contribution is 2.14. The standard InChI is InChI=1S/C18H25N3O2/c1-13(15-9-7-14(12-19)8-10-15)21-16(22)6-5-11-20-17(23)18(2,3)4/h7-10,13H,5-6,11H2,1-4H3,(H,20,23)(H,21,22). The number of carbonyl (C=O) groups excluding carboxylic acids is 2. The van der Waals surface area contributed by atoms with Gasteiger partial charge in [-0.15, -0.1) is 0 Å². The summed E-state index contributed by atoms with van der Waals surface area (Å²) < 4.78 is 0. The van der Waals surface area contributed by atoms with Crippen LogP contribution in [0.1, 0.15) is 57.7 Å². The zero-order chi connectivity index (χ0) is 17.5. The molecule has 124 valence electrons. The van der Waals surface area contributed by atoms with E-state index in [2.05, 4.69) is 16.7 Å². The number of carbonyl (C=O) groups is 2. The van der Waals surface area contributed by atoms with Crippen molar-refractivity contribution >= 4 is 11.8 Å². The second kappa shape index (κ2) is 8.33. The molecule has 0 saturated carbocycles. The van der Waals surface area contributed by atoms with E-state index in [0.717, 1.165) is 5.56 Å². The highest BCUT2D eigenvalue weighted by molar-refractivity contribution is 5.81. The largest absolute Gasteiger partial charge is 0.356 e. The average molecular weight is 315 g/mol. The molecular weight excluding hydrogens is 290 g/mol. The summed E-state index contributed by atoms with van der Waals surface area (Å²) in [5.74, 6) is -0.0595. The number of nitriles is 1. The minimum atomic E-state index is -0.410. The lowest BCUT2D eigenvalue weighted by atomic mass is 9.96. The van der Waals surface area contributed by atoms with Gasteiger partial charge < -0.3 is 10.6 Å². The van der Waals surface area contributed by atoms with Crippen molar-refractivity contribution in [1.29, 1.82) is 5.26 Å². The van der Waals surface area contributed by atoms with E-state index in [1.807, 2.05) is 39.8 Å². The highest BCUT2D eigenvalue weighted by Gasteiger charge is 2.20. The van der Waals surface area contributed by atoms with Crippen LogP contribution in [0, 0.1) is 16.7 Å². The Morgan fingerprint density at radius 2 is 1.83 bits per heavy atom. The molecule has 2 amide bonds. The molecule has 23 heavy (non-hydrogen) atoms. The van der Waals surface area contributed by atoms with Crippen LogP contribution in [0.2, 0.25) is 0 Å². The first-order valence-electron chi connectivity index (χ1n) is 7.82. The Kier molecular flexibility index (Phi) is 6.77. The maximum absolute atomic E-state index is 11.9. The van der Waals surface area contributed by atoms with Gasteiger partial charge in [0.25, 0.3) is 0 Å². The Hall–Kier alpha value is -2.35. The lowest BCUT2D eigenvalue weighted by Gasteiger charge is -2.18. The molecule has 0 saturated heterocycles. The predicted octanol–water partition coefficient (Wildman–Crippen LogP) is 2.68. The number of benzene rings is 1. The summed E-state index contributed by atoms with van der Waals surface area (Å²) in [4.78, 5) is 23.6. The Morgan fingerprint density at radius 3 is 2.35 bits per heavy atom. The monoisotopic (exact) mass is 315 g/mol. The van der Waals surface area contributed by atoms with Crippen molar-refractivity contribution in [2.45, 2.75) is 46.6 Å². The molecule has 5 nitrogen and oxygen atoms in total. The lowest BCUT2D eigenvalue weighted by molar-refractivity contribution is -0.128. The van der Waals surface area contributed by atoms with E-state index in [9.17, 15) is 9.59 Å². The fourth-order valence-corrected chi connectivity index (χ4v) is 1.96. The van der Waals surface area contributed by atoms with Gasteiger partial charge in [-0.05, 0) is 31.0 Å². The van der Waals surface area contributed by atoms with E-state index >= 15 is 0 Å². The van der Waals surface area contributed by atoms with Crippen LogP contribution in [0.25, 0.3) is 0 Å². The zero-order valence-electron chi connectivity index (χ0n) is 14.3. The summed E-state index contributed by atoms with van der Waals surface area (Å²) >= 11 is 0. The first-order valence-corrected chi connectivity index (χ1v) is 7.82. The quantitative estimate of drug-likeness (QED) is 0.792. The third kappa shape index (κ3) is 6.52. The molecule has 0 bridgehead atoms. The second-order valence-electron chi connectivity index (χ2n) is 6.63. The van der Waals surface area contributed by atoms with Gasteiger partial charge >= 0.3 is 0 Å². The number of hydrogen-bond donors (Lipinski definition) is 2. The Balaban J connectivity index is 2.33. The van der Waals surface area contributed by atoms with E-state index in [1.54, 1.807) is 12.1 Å². The lowest BCUT2D eigenvalue weighted by Crippen LogP contribution is -2.36. The van der Waals surface area contributed by atoms with E-state index < -0.39 is 5.41 Å². The topological polar surface area (TPSA) is 82.0 Å². The number of hydrogen-bond acceptors (Lipinski definition) is 3. The fraction of sp³-hybridized carbons (Fsp3) is 0.500. The maximum Gasteiger partial charge on any atom is 0.225 e. The van der Waals surface area contributed by atoms with Gasteiger partial charge in [-0.2, -0.15) is 5.26 Å². The first kappa shape index (κ1) is 18.7. The van der Waals surface area contributed by atoms with Crippen LogP contribution >= 0.6 is 0 Å². The van der Waals surface area contributed by atoms with Crippen LogP contribution in [0.3, 0.4) is 0 Å². The van der Waals surface area contributed by atoms with E-state index in [1.165, 1.54) is 0 Å². The SMILES string of the molecule is CC(NC(=O)CCCNC(=O)C(C)(C)C)c1ccc(C#N)cc1. The van der Waals surface area contributed by atoms with Crippen LogP contribution in [0.5, 0.6) is 0 Å². The van der Waals surface area contributed by atoms with Crippen molar-refractivity contribution in [1.82, 2.24) is 10.6 Å². The minimum Gasteiger partial charge on any atom is -0.356 e. The summed E-state index contributed by atoms with van der Waals surface area (Å²) in [5.41, 5.74) is 1.15. The van der Waals surface area contributed by atoms with Gasteiger partial charge in [-0.1, -0.05) is 32.9 Å². The van der Waals surface area contributed by atoms with Crippen LogP contribution in [-0.4, -0.2) is 18.4 Å². The molecule has 0 aliphatic heterocycles. The molecule has 0 radical (unpaired) electrons. The van der Waals surface area contributed by atoms with Crippen LogP contribution in [-0.2, 0) is 9.59 Å². The number of nitrogens with one attached hydrogen (secondary N) is 2. The Morgan fingerprint density at radius 1 is 1.22 bits per heavy atom. The zero-order valence-corrected chi connectivity index (χ0v) is 14.3. The molecule has 1 aromatic rings. The highest BCUT2D eigenvalue weighted by atomic mass is 16.2. The molecule has 1 aromatic carbocycles. The van der Waals surface area contributed by atoms with Gasteiger partial charge in [0.15, 0.2) is 0 Å². The molecule has 1 atom stereocenters. The van der Waals surface area contributed by atoms with Crippen molar-refractivity contribution in [2.24, 2.45) is 5.41 Å². The van der Waals surface area contributed by atoms with Gasteiger partial charge in [0, 0.05) is 18.4 Å². The van der Waals surface area contributed by atoms with Gasteiger partial charge in [-0.3, -0.25) is 9.59 Å². The molecule has 0 aliphatic rings. The molecular formula is C18H25N3O2.